The van der Waals surface area contributed by atoms with Crippen molar-refractivity contribution < 1.29 is 9.68 Å². The summed E-state index contributed by atoms with van der Waals surface area (Å²) in [5.41, 5.74) is 5.60. The van der Waals surface area contributed by atoms with Gasteiger partial charge in [-0.3, -0.25) is 9.97 Å². The molecule has 154 valence electrons. The van der Waals surface area contributed by atoms with Crippen LogP contribution in [0.1, 0.15) is 43.5 Å². The van der Waals surface area contributed by atoms with Crippen LogP contribution in [0.2, 0.25) is 0 Å². The molecule has 0 amide bonds. The third-order valence-corrected chi connectivity index (χ3v) is 3.46. The highest BCUT2D eigenvalue weighted by Gasteiger charge is 2.02. The molecule has 0 unspecified atom stereocenters. The zero-order chi connectivity index (χ0) is 21.6. The molecule has 2 heterocycles. The highest BCUT2D eigenvalue weighted by molar-refractivity contribution is 5.96. The highest BCUT2D eigenvalue weighted by atomic mass is 16.6. The van der Waals surface area contributed by atoms with Crippen molar-refractivity contribution in [3.05, 3.63) is 84.0 Å². The van der Waals surface area contributed by atoms with Crippen molar-refractivity contribution in [3.8, 4) is 0 Å². The Morgan fingerprint density at radius 1 is 0.897 bits per heavy atom. The van der Waals surface area contributed by atoms with Gasteiger partial charge in [0, 0.05) is 17.0 Å². The first-order chi connectivity index (χ1) is 13.9. The number of allylic oxidation sites excluding steroid dienone is 1. The molecule has 0 N–H and O–H groups in total. The lowest BCUT2D eigenvalue weighted by Gasteiger charge is -2.06. The lowest BCUT2D eigenvalue weighted by Crippen LogP contribution is -2.05. The summed E-state index contributed by atoms with van der Waals surface area (Å²) in [6, 6.07) is 11.5. The number of pyridine rings is 2. The van der Waals surface area contributed by atoms with E-state index in [1.54, 1.807) is 6.08 Å². The van der Waals surface area contributed by atoms with Crippen LogP contribution in [0, 0.1) is 13.8 Å². The fourth-order valence-corrected chi connectivity index (χ4v) is 2.07. The zero-order valence-corrected chi connectivity index (χ0v) is 18.0. The Hall–Kier alpha value is -3.28. The third kappa shape index (κ3) is 9.46. The van der Waals surface area contributed by atoms with Crippen molar-refractivity contribution in [1.29, 1.82) is 0 Å². The van der Waals surface area contributed by atoms with Gasteiger partial charge in [0.2, 0.25) is 0 Å². The van der Waals surface area contributed by atoms with Gasteiger partial charge in [0.1, 0.15) is 24.6 Å². The SMILES string of the molecule is C=C(CO/N=C(\C)c1cccc(C)n1)CO/N=C(\C)c1cccc(C)n1.C=CC. The van der Waals surface area contributed by atoms with Crippen LogP contribution < -0.4 is 0 Å². The summed E-state index contributed by atoms with van der Waals surface area (Å²) in [5, 5.41) is 8.14. The van der Waals surface area contributed by atoms with Crippen LogP contribution in [0.4, 0.5) is 0 Å². The number of nitrogens with zero attached hydrogens (tertiary/aromatic N) is 4. The maximum atomic E-state index is 5.32. The van der Waals surface area contributed by atoms with Crippen molar-refractivity contribution in [3.63, 3.8) is 0 Å². The van der Waals surface area contributed by atoms with E-state index in [0.29, 0.717) is 11.4 Å². The molecule has 6 nitrogen and oxygen atoms in total. The van der Waals surface area contributed by atoms with Crippen molar-refractivity contribution in [2.45, 2.75) is 34.6 Å². The second kappa shape index (κ2) is 13.0. The molecular formula is C23H30N4O2. The molecule has 0 aliphatic rings. The molecule has 0 aliphatic carbocycles. The molecule has 2 aromatic heterocycles. The first-order valence-electron chi connectivity index (χ1n) is 9.32. The molecular weight excluding hydrogens is 364 g/mol. The summed E-state index contributed by atoms with van der Waals surface area (Å²) in [4.78, 5) is 19.4. The van der Waals surface area contributed by atoms with Crippen molar-refractivity contribution >= 4 is 11.4 Å². The highest BCUT2D eigenvalue weighted by Crippen LogP contribution is 2.03. The van der Waals surface area contributed by atoms with E-state index in [9.17, 15) is 0 Å². The molecule has 0 aromatic carbocycles. The average Bonchev–Trinajstić information content (AvgIpc) is 2.68. The van der Waals surface area contributed by atoms with E-state index in [0.717, 1.165) is 28.3 Å². The molecule has 0 saturated carbocycles. The van der Waals surface area contributed by atoms with Crippen molar-refractivity contribution in [1.82, 2.24) is 9.97 Å². The maximum absolute atomic E-state index is 5.32. The summed E-state index contributed by atoms with van der Waals surface area (Å²) >= 11 is 0. The number of hydrogen-bond donors (Lipinski definition) is 0. The summed E-state index contributed by atoms with van der Waals surface area (Å²) in [5.74, 6) is 0. The van der Waals surface area contributed by atoms with Gasteiger partial charge in [-0.1, -0.05) is 35.1 Å². The minimum absolute atomic E-state index is 0.250. The summed E-state index contributed by atoms with van der Waals surface area (Å²) in [6.07, 6.45) is 1.75. The second-order valence-electron chi connectivity index (χ2n) is 6.39. The van der Waals surface area contributed by atoms with Crippen molar-refractivity contribution in [2.24, 2.45) is 10.3 Å². The maximum Gasteiger partial charge on any atom is 0.141 e. The molecule has 0 atom stereocenters. The third-order valence-electron chi connectivity index (χ3n) is 3.46. The normalized spacial score (nSPS) is 11.2. The lowest BCUT2D eigenvalue weighted by atomic mass is 10.2. The van der Waals surface area contributed by atoms with E-state index in [4.69, 9.17) is 9.68 Å². The molecule has 0 spiro atoms. The molecule has 2 aromatic rings. The zero-order valence-electron chi connectivity index (χ0n) is 18.0. The molecule has 0 radical (unpaired) electrons. The Labute approximate surface area is 173 Å². The van der Waals surface area contributed by atoms with Crippen LogP contribution in [-0.2, 0) is 9.68 Å². The van der Waals surface area contributed by atoms with Crippen LogP contribution in [0.3, 0.4) is 0 Å². The van der Waals surface area contributed by atoms with Gasteiger partial charge in [0.05, 0.1) is 11.4 Å². The van der Waals surface area contributed by atoms with Gasteiger partial charge in [0.25, 0.3) is 0 Å². The van der Waals surface area contributed by atoms with E-state index >= 15 is 0 Å². The van der Waals surface area contributed by atoms with Gasteiger partial charge in [-0.25, -0.2) is 0 Å². The van der Waals surface area contributed by atoms with Crippen LogP contribution >= 0.6 is 0 Å². The summed E-state index contributed by atoms with van der Waals surface area (Å²) < 4.78 is 0. The molecule has 0 fully saturated rings. The lowest BCUT2D eigenvalue weighted by molar-refractivity contribution is 0.128. The largest absolute Gasteiger partial charge is 0.391 e. The predicted molar refractivity (Wildman–Crippen MR) is 119 cm³/mol. The molecule has 29 heavy (non-hydrogen) atoms. The Morgan fingerprint density at radius 3 is 1.62 bits per heavy atom. The number of aromatic nitrogens is 2. The van der Waals surface area contributed by atoms with Crippen LogP contribution in [0.5, 0.6) is 0 Å². The Morgan fingerprint density at radius 2 is 1.28 bits per heavy atom. The summed E-state index contributed by atoms with van der Waals surface area (Å²) in [6.45, 7) is 17.2. The first kappa shape index (κ1) is 23.8. The number of aryl methyl sites for hydroxylation is 2. The molecule has 0 bridgehead atoms. The average molecular weight is 395 g/mol. The van der Waals surface area contributed by atoms with E-state index in [1.807, 2.05) is 71.0 Å². The minimum atomic E-state index is 0.250. The number of oxime groups is 2. The van der Waals surface area contributed by atoms with Crippen LogP contribution in [-0.4, -0.2) is 34.6 Å². The Kier molecular flexibility index (Phi) is 10.6. The number of hydrogen-bond acceptors (Lipinski definition) is 6. The summed E-state index contributed by atoms with van der Waals surface area (Å²) in [7, 11) is 0. The Balaban J connectivity index is 0.00000132. The van der Waals surface area contributed by atoms with Gasteiger partial charge in [-0.15, -0.1) is 6.58 Å². The quantitative estimate of drug-likeness (QED) is 0.358. The fourth-order valence-electron chi connectivity index (χ4n) is 2.07. The monoisotopic (exact) mass is 394 g/mol. The fraction of sp³-hybridized carbons (Fsp3) is 0.304. The van der Waals surface area contributed by atoms with Gasteiger partial charge >= 0.3 is 0 Å². The smallest absolute Gasteiger partial charge is 0.141 e. The number of rotatable bonds is 8. The predicted octanol–water partition coefficient (Wildman–Crippen LogP) is 5.02. The van der Waals surface area contributed by atoms with Gasteiger partial charge in [-0.05, 0) is 58.9 Å². The van der Waals surface area contributed by atoms with Gasteiger partial charge in [-0.2, -0.15) is 0 Å². The van der Waals surface area contributed by atoms with Gasteiger partial charge in [0.15, 0.2) is 0 Å². The topological polar surface area (TPSA) is 69.0 Å². The standard InChI is InChI=1S/C20H24N4O2.C3H6/c1-14(12-25-23-17(4)19-10-6-8-15(2)21-19)13-26-24-18(5)20-11-7-9-16(3)22-20;1-3-2/h6-11H,1,12-13H2,2-5H3;3H,1H2,2H3/b23-17+,24-18+;. The van der Waals surface area contributed by atoms with Crippen LogP contribution in [0.15, 0.2) is 71.5 Å². The Bertz CT molecular complexity index is 805. The molecule has 0 saturated heterocycles. The second-order valence-corrected chi connectivity index (χ2v) is 6.39. The van der Waals surface area contributed by atoms with Gasteiger partial charge < -0.3 is 9.68 Å². The van der Waals surface area contributed by atoms with E-state index < -0.39 is 0 Å². The van der Waals surface area contributed by atoms with E-state index in [2.05, 4.69) is 33.4 Å². The first-order valence-corrected chi connectivity index (χ1v) is 9.32. The van der Waals surface area contributed by atoms with Crippen LogP contribution in [0.25, 0.3) is 0 Å². The minimum Gasteiger partial charge on any atom is -0.391 e. The molecule has 0 aliphatic heterocycles. The van der Waals surface area contributed by atoms with E-state index in [-0.39, 0.29) is 13.2 Å². The van der Waals surface area contributed by atoms with Crippen molar-refractivity contribution in [2.75, 3.05) is 13.2 Å². The molecule has 6 heteroatoms. The molecule has 2 rings (SSSR count). The van der Waals surface area contributed by atoms with E-state index in [1.165, 1.54) is 0 Å².